The first-order chi connectivity index (χ1) is 7.53. The summed E-state index contributed by atoms with van der Waals surface area (Å²) in [6, 6.07) is 7.11. The molecule has 0 aliphatic heterocycles. The SMILES string of the molecule is FC(F)(F)OCCOc1ccccc1CBr. The van der Waals surface area contributed by atoms with Crippen LogP contribution in [-0.2, 0) is 10.1 Å². The van der Waals surface area contributed by atoms with E-state index in [1.54, 1.807) is 12.1 Å². The van der Waals surface area contributed by atoms with Crippen LogP contribution in [0.5, 0.6) is 5.75 Å². The Bertz CT molecular complexity index is 328. The van der Waals surface area contributed by atoms with Gasteiger partial charge in [0, 0.05) is 10.9 Å². The van der Waals surface area contributed by atoms with Gasteiger partial charge in [0.05, 0.1) is 6.61 Å². The van der Waals surface area contributed by atoms with Crippen molar-refractivity contribution in [2.24, 2.45) is 0 Å². The summed E-state index contributed by atoms with van der Waals surface area (Å²) in [6.45, 7) is -0.649. The zero-order chi connectivity index (χ0) is 12.0. The fourth-order valence-corrected chi connectivity index (χ4v) is 1.53. The topological polar surface area (TPSA) is 18.5 Å². The largest absolute Gasteiger partial charge is 0.522 e. The van der Waals surface area contributed by atoms with Crippen molar-refractivity contribution < 1.29 is 22.6 Å². The predicted molar refractivity (Wildman–Crippen MR) is 56.6 cm³/mol. The van der Waals surface area contributed by atoms with Crippen LogP contribution in [0.15, 0.2) is 24.3 Å². The van der Waals surface area contributed by atoms with E-state index in [1.165, 1.54) is 0 Å². The lowest BCUT2D eigenvalue weighted by molar-refractivity contribution is -0.325. The van der Waals surface area contributed by atoms with E-state index in [1.807, 2.05) is 12.1 Å². The second-order valence-electron chi connectivity index (χ2n) is 2.88. The Hall–Kier alpha value is -0.750. The van der Waals surface area contributed by atoms with Crippen molar-refractivity contribution in [3.8, 4) is 5.75 Å². The number of ether oxygens (including phenoxy) is 2. The van der Waals surface area contributed by atoms with Crippen LogP contribution in [0.4, 0.5) is 13.2 Å². The fraction of sp³-hybridized carbons (Fsp3) is 0.400. The molecule has 90 valence electrons. The first-order valence-corrected chi connectivity index (χ1v) is 5.62. The van der Waals surface area contributed by atoms with Crippen molar-refractivity contribution in [3.05, 3.63) is 29.8 Å². The maximum atomic E-state index is 11.6. The molecule has 16 heavy (non-hydrogen) atoms. The highest BCUT2D eigenvalue weighted by Crippen LogP contribution is 2.21. The highest BCUT2D eigenvalue weighted by atomic mass is 79.9. The van der Waals surface area contributed by atoms with E-state index in [0.717, 1.165) is 5.56 Å². The molecule has 0 aliphatic rings. The highest BCUT2D eigenvalue weighted by molar-refractivity contribution is 9.08. The van der Waals surface area contributed by atoms with Crippen LogP contribution in [0.2, 0.25) is 0 Å². The molecule has 1 aromatic carbocycles. The minimum absolute atomic E-state index is 0.135. The number of alkyl halides is 4. The van der Waals surface area contributed by atoms with E-state index >= 15 is 0 Å². The Morgan fingerprint density at radius 1 is 1.12 bits per heavy atom. The zero-order valence-electron chi connectivity index (χ0n) is 8.26. The van der Waals surface area contributed by atoms with Gasteiger partial charge >= 0.3 is 6.36 Å². The van der Waals surface area contributed by atoms with Crippen molar-refractivity contribution in [1.29, 1.82) is 0 Å². The maximum Gasteiger partial charge on any atom is 0.522 e. The zero-order valence-corrected chi connectivity index (χ0v) is 9.85. The molecular weight excluding hydrogens is 289 g/mol. The molecule has 0 heterocycles. The number of benzene rings is 1. The number of rotatable bonds is 5. The molecule has 6 heteroatoms. The Labute approximate surface area is 99.5 Å². The van der Waals surface area contributed by atoms with E-state index in [0.29, 0.717) is 11.1 Å². The molecule has 0 saturated heterocycles. The van der Waals surface area contributed by atoms with Gasteiger partial charge < -0.3 is 4.74 Å². The van der Waals surface area contributed by atoms with Crippen molar-refractivity contribution in [2.75, 3.05) is 13.2 Å². The molecule has 0 bridgehead atoms. The third-order valence-corrected chi connectivity index (χ3v) is 2.33. The summed E-state index contributed by atoms with van der Waals surface area (Å²) in [7, 11) is 0. The van der Waals surface area contributed by atoms with E-state index in [-0.39, 0.29) is 6.61 Å². The molecule has 0 N–H and O–H groups in total. The van der Waals surface area contributed by atoms with Crippen molar-refractivity contribution in [3.63, 3.8) is 0 Å². The van der Waals surface area contributed by atoms with Gasteiger partial charge in [0.2, 0.25) is 0 Å². The monoisotopic (exact) mass is 298 g/mol. The van der Waals surface area contributed by atoms with Crippen LogP contribution < -0.4 is 4.74 Å². The van der Waals surface area contributed by atoms with Gasteiger partial charge in [-0.1, -0.05) is 34.1 Å². The molecule has 0 amide bonds. The molecular formula is C10H10BrF3O2. The molecule has 0 aliphatic carbocycles. The number of para-hydroxylation sites is 1. The van der Waals surface area contributed by atoms with Crippen LogP contribution in [0.1, 0.15) is 5.56 Å². The summed E-state index contributed by atoms with van der Waals surface area (Å²) in [5.41, 5.74) is 0.884. The van der Waals surface area contributed by atoms with Gasteiger partial charge in [-0.05, 0) is 6.07 Å². The lowest BCUT2D eigenvalue weighted by Crippen LogP contribution is -2.18. The normalized spacial score (nSPS) is 11.5. The highest BCUT2D eigenvalue weighted by Gasteiger charge is 2.28. The summed E-state index contributed by atoms with van der Waals surface area (Å²) < 4.78 is 43.7. The second-order valence-corrected chi connectivity index (χ2v) is 3.44. The van der Waals surface area contributed by atoms with E-state index in [4.69, 9.17) is 4.74 Å². The lowest BCUT2D eigenvalue weighted by Gasteiger charge is -2.11. The van der Waals surface area contributed by atoms with E-state index < -0.39 is 13.0 Å². The summed E-state index contributed by atoms with van der Waals surface area (Å²) >= 11 is 3.26. The Balaban J connectivity index is 2.37. The van der Waals surface area contributed by atoms with Gasteiger partial charge in [-0.15, -0.1) is 13.2 Å². The van der Waals surface area contributed by atoms with Crippen LogP contribution in [-0.4, -0.2) is 19.6 Å². The quantitative estimate of drug-likeness (QED) is 0.612. The third-order valence-electron chi connectivity index (χ3n) is 1.72. The molecule has 0 unspecified atom stereocenters. The standard InChI is InChI=1S/C10H10BrF3O2/c11-7-8-3-1-2-4-9(8)15-5-6-16-10(12,13)14/h1-4H,5-7H2. The molecule has 2 nitrogen and oxygen atoms in total. The first kappa shape index (κ1) is 13.3. The molecule has 1 rings (SSSR count). The smallest absolute Gasteiger partial charge is 0.491 e. The molecule has 1 aromatic rings. The first-order valence-electron chi connectivity index (χ1n) is 4.50. The van der Waals surface area contributed by atoms with Gasteiger partial charge in [0.15, 0.2) is 0 Å². The average Bonchev–Trinajstić information content (AvgIpc) is 2.23. The Morgan fingerprint density at radius 2 is 1.81 bits per heavy atom. The lowest BCUT2D eigenvalue weighted by atomic mass is 10.2. The molecule has 0 saturated carbocycles. The molecule has 0 aromatic heterocycles. The van der Waals surface area contributed by atoms with Crippen molar-refractivity contribution in [1.82, 2.24) is 0 Å². The minimum atomic E-state index is -4.60. The van der Waals surface area contributed by atoms with Gasteiger partial charge in [0.1, 0.15) is 12.4 Å². The minimum Gasteiger partial charge on any atom is -0.491 e. The molecule has 0 atom stereocenters. The fourth-order valence-electron chi connectivity index (χ4n) is 1.06. The van der Waals surface area contributed by atoms with Gasteiger partial charge in [-0.2, -0.15) is 0 Å². The third kappa shape index (κ3) is 4.85. The number of hydrogen-bond donors (Lipinski definition) is 0. The van der Waals surface area contributed by atoms with Crippen LogP contribution in [0, 0.1) is 0 Å². The average molecular weight is 299 g/mol. The summed E-state index contributed by atoms with van der Waals surface area (Å²) in [4.78, 5) is 0. The molecule has 0 spiro atoms. The molecule has 0 fully saturated rings. The van der Waals surface area contributed by atoms with Gasteiger partial charge in [0.25, 0.3) is 0 Å². The van der Waals surface area contributed by atoms with E-state index in [2.05, 4.69) is 20.7 Å². The maximum absolute atomic E-state index is 11.6. The Kier molecular flexibility index (Phi) is 5.08. The summed E-state index contributed by atoms with van der Waals surface area (Å²) in [6.07, 6.45) is -4.60. The Morgan fingerprint density at radius 3 is 2.44 bits per heavy atom. The summed E-state index contributed by atoms with van der Waals surface area (Å²) in [5, 5.41) is 0.587. The van der Waals surface area contributed by atoms with Crippen LogP contribution >= 0.6 is 15.9 Å². The van der Waals surface area contributed by atoms with Gasteiger partial charge in [-0.25, -0.2) is 0 Å². The predicted octanol–water partition coefficient (Wildman–Crippen LogP) is 3.50. The van der Waals surface area contributed by atoms with Crippen LogP contribution in [0.25, 0.3) is 0 Å². The number of halogens is 4. The summed E-state index contributed by atoms with van der Waals surface area (Å²) in [5.74, 6) is 0.560. The van der Waals surface area contributed by atoms with Gasteiger partial charge in [-0.3, -0.25) is 4.74 Å². The van der Waals surface area contributed by atoms with Crippen LogP contribution in [0.3, 0.4) is 0 Å². The number of hydrogen-bond acceptors (Lipinski definition) is 2. The van der Waals surface area contributed by atoms with E-state index in [9.17, 15) is 13.2 Å². The molecule has 0 radical (unpaired) electrons. The van der Waals surface area contributed by atoms with Crippen molar-refractivity contribution >= 4 is 15.9 Å². The second kappa shape index (κ2) is 6.10. The van der Waals surface area contributed by atoms with Crippen molar-refractivity contribution in [2.45, 2.75) is 11.7 Å².